The van der Waals surface area contributed by atoms with E-state index in [-0.39, 0.29) is 18.2 Å². The van der Waals surface area contributed by atoms with Crippen molar-refractivity contribution in [1.82, 2.24) is 4.90 Å². The van der Waals surface area contributed by atoms with E-state index in [1.54, 1.807) is 20.2 Å². The van der Waals surface area contributed by atoms with Gasteiger partial charge in [-0.1, -0.05) is 11.8 Å². The van der Waals surface area contributed by atoms with Gasteiger partial charge in [0.05, 0.1) is 5.56 Å². The fraction of sp³-hybridized carbons (Fsp3) is 0.250. The monoisotopic (exact) mass is 236 g/mol. The number of nitrogens with zero attached hydrogens (tertiary/aromatic N) is 1. The maximum atomic E-state index is 13.5. The minimum atomic E-state index is -0.539. The maximum Gasteiger partial charge on any atom is 0.321 e. The molecule has 17 heavy (non-hydrogen) atoms. The summed E-state index contributed by atoms with van der Waals surface area (Å²) in [7, 11) is 3.18. The topological polar surface area (TPSA) is 52.6 Å². The van der Waals surface area contributed by atoms with Crippen molar-refractivity contribution in [2.24, 2.45) is 0 Å². The third-order valence-corrected chi connectivity index (χ3v) is 1.93. The number of aliphatic hydroxyl groups excluding tert-OH is 1. The molecule has 90 valence electrons. The van der Waals surface area contributed by atoms with Crippen molar-refractivity contribution < 1.29 is 14.3 Å². The summed E-state index contributed by atoms with van der Waals surface area (Å²) in [4.78, 5) is 12.7. The Bertz CT molecular complexity index is 475. The Balaban J connectivity index is 2.86. The number of aliphatic hydroxyl groups is 1. The molecule has 0 spiro atoms. The molecule has 1 aromatic carbocycles. The number of amides is 2. The van der Waals surface area contributed by atoms with Crippen LogP contribution in [0, 0.1) is 17.7 Å². The van der Waals surface area contributed by atoms with Gasteiger partial charge in [0.1, 0.15) is 12.4 Å². The van der Waals surface area contributed by atoms with Gasteiger partial charge in [-0.15, -0.1) is 0 Å². The molecule has 0 fully saturated rings. The van der Waals surface area contributed by atoms with Gasteiger partial charge in [0.25, 0.3) is 0 Å². The number of benzene rings is 1. The van der Waals surface area contributed by atoms with Gasteiger partial charge in [0.15, 0.2) is 0 Å². The average Bonchev–Trinajstić information content (AvgIpc) is 2.28. The van der Waals surface area contributed by atoms with Crippen molar-refractivity contribution >= 4 is 11.7 Å². The second-order valence-electron chi connectivity index (χ2n) is 3.48. The van der Waals surface area contributed by atoms with Crippen molar-refractivity contribution in [3.05, 3.63) is 29.6 Å². The average molecular weight is 236 g/mol. The second kappa shape index (κ2) is 5.87. The van der Waals surface area contributed by atoms with Crippen LogP contribution in [0.15, 0.2) is 18.2 Å². The molecule has 1 aromatic rings. The summed E-state index contributed by atoms with van der Waals surface area (Å²) in [5.41, 5.74) is 0.539. The van der Waals surface area contributed by atoms with E-state index in [4.69, 9.17) is 5.11 Å². The Morgan fingerprint density at radius 2 is 2.24 bits per heavy atom. The minimum Gasteiger partial charge on any atom is -0.384 e. The predicted octanol–water partition coefficient (Wildman–Crippen LogP) is 1.26. The van der Waals surface area contributed by atoms with Gasteiger partial charge in [-0.25, -0.2) is 9.18 Å². The summed E-state index contributed by atoms with van der Waals surface area (Å²) in [5.74, 6) is 4.28. The molecule has 1 rings (SSSR count). The molecule has 0 aliphatic rings. The zero-order valence-electron chi connectivity index (χ0n) is 9.62. The van der Waals surface area contributed by atoms with Crippen LogP contribution in [0.3, 0.4) is 0 Å². The van der Waals surface area contributed by atoms with E-state index in [2.05, 4.69) is 17.2 Å². The number of carbonyl (C=O) groups excluding carboxylic acids is 1. The smallest absolute Gasteiger partial charge is 0.321 e. The van der Waals surface area contributed by atoms with Crippen molar-refractivity contribution in [2.45, 2.75) is 0 Å². The molecule has 0 aromatic heterocycles. The van der Waals surface area contributed by atoms with Crippen LogP contribution in [0.25, 0.3) is 0 Å². The number of urea groups is 1. The number of hydrogen-bond acceptors (Lipinski definition) is 2. The zero-order chi connectivity index (χ0) is 12.8. The number of hydrogen-bond donors (Lipinski definition) is 2. The van der Waals surface area contributed by atoms with Crippen LogP contribution >= 0.6 is 0 Å². The molecule has 0 bridgehead atoms. The second-order valence-corrected chi connectivity index (χ2v) is 3.48. The van der Waals surface area contributed by atoms with Crippen LogP contribution in [0.5, 0.6) is 0 Å². The summed E-state index contributed by atoms with van der Waals surface area (Å²) in [6.07, 6.45) is 0. The molecule has 0 atom stereocenters. The molecule has 5 heteroatoms. The van der Waals surface area contributed by atoms with Crippen molar-refractivity contribution in [3.8, 4) is 11.8 Å². The summed E-state index contributed by atoms with van der Waals surface area (Å²) in [6.45, 7) is -0.321. The molecule has 0 saturated heterocycles. The lowest BCUT2D eigenvalue weighted by Gasteiger charge is -2.12. The molecular formula is C12H13FN2O2. The van der Waals surface area contributed by atoms with E-state index in [9.17, 15) is 9.18 Å². The summed E-state index contributed by atoms with van der Waals surface area (Å²) in [5, 5.41) is 11.0. The predicted molar refractivity (Wildman–Crippen MR) is 63.1 cm³/mol. The number of carbonyl (C=O) groups is 1. The molecular weight excluding hydrogens is 223 g/mol. The van der Waals surface area contributed by atoms with Gasteiger partial charge in [-0.2, -0.15) is 0 Å². The summed E-state index contributed by atoms with van der Waals surface area (Å²) in [6, 6.07) is 3.84. The van der Waals surface area contributed by atoms with E-state index < -0.39 is 5.82 Å². The van der Waals surface area contributed by atoms with Crippen molar-refractivity contribution in [2.75, 3.05) is 26.0 Å². The van der Waals surface area contributed by atoms with Crippen LogP contribution in [-0.2, 0) is 0 Å². The number of rotatable bonds is 1. The highest BCUT2D eigenvalue weighted by Gasteiger charge is 2.06. The SMILES string of the molecule is CN(C)C(=O)Nc1ccc(C#CCO)c(F)c1. The molecule has 0 heterocycles. The van der Waals surface area contributed by atoms with Crippen LogP contribution in [0.4, 0.5) is 14.9 Å². The van der Waals surface area contributed by atoms with E-state index >= 15 is 0 Å². The van der Waals surface area contributed by atoms with Crippen LogP contribution < -0.4 is 5.32 Å². The van der Waals surface area contributed by atoms with Crippen molar-refractivity contribution in [1.29, 1.82) is 0 Å². The Kier molecular flexibility index (Phi) is 4.49. The van der Waals surface area contributed by atoms with Gasteiger partial charge in [-0.3, -0.25) is 0 Å². The van der Waals surface area contributed by atoms with Gasteiger partial charge in [0, 0.05) is 19.8 Å². The molecule has 2 amide bonds. The normalized spacial score (nSPS) is 9.18. The molecule has 0 unspecified atom stereocenters. The largest absolute Gasteiger partial charge is 0.384 e. The number of nitrogens with one attached hydrogen (secondary N) is 1. The molecule has 4 nitrogen and oxygen atoms in total. The standard InChI is InChI=1S/C12H13FN2O2/c1-15(2)12(17)14-10-6-5-9(4-3-7-16)11(13)8-10/h5-6,8,16H,7H2,1-2H3,(H,14,17). The lowest BCUT2D eigenvalue weighted by molar-refractivity contribution is 0.230. The Hall–Kier alpha value is -2.06. The highest BCUT2D eigenvalue weighted by molar-refractivity contribution is 5.88. The molecule has 0 aliphatic heterocycles. The van der Waals surface area contributed by atoms with Crippen molar-refractivity contribution in [3.63, 3.8) is 0 Å². The Labute approximate surface area is 99.1 Å². The first-order chi connectivity index (χ1) is 8.04. The third-order valence-electron chi connectivity index (χ3n) is 1.93. The highest BCUT2D eigenvalue weighted by Crippen LogP contribution is 2.14. The lowest BCUT2D eigenvalue weighted by atomic mass is 10.2. The first-order valence-corrected chi connectivity index (χ1v) is 4.92. The quantitative estimate of drug-likeness (QED) is 0.721. The zero-order valence-corrected chi connectivity index (χ0v) is 9.62. The van der Waals surface area contributed by atoms with Gasteiger partial charge >= 0.3 is 6.03 Å². The van der Waals surface area contributed by atoms with Crippen LogP contribution in [0.2, 0.25) is 0 Å². The highest BCUT2D eigenvalue weighted by atomic mass is 19.1. The number of anilines is 1. The fourth-order valence-corrected chi connectivity index (χ4v) is 1.06. The Morgan fingerprint density at radius 3 is 2.76 bits per heavy atom. The van der Waals surface area contributed by atoms with Gasteiger partial charge in [0.2, 0.25) is 0 Å². The van der Waals surface area contributed by atoms with E-state index in [0.29, 0.717) is 5.69 Å². The third kappa shape index (κ3) is 3.78. The molecule has 0 saturated carbocycles. The lowest BCUT2D eigenvalue weighted by Crippen LogP contribution is -2.27. The Morgan fingerprint density at radius 1 is 1.53 bits per heavy atom. The summed E-state index contributed by atoms with van der Waals surface area (Å²) < 4.78 is 13.5. The van der Waals surface area contributed by atoms with E-state index in [1.807, 2.05) is 0 Å². The minimum absolute atomic E-state index is 0.182. The van der Waals surface area contributed by atoms with E-state index in [1.165, 1.54) is 17.0 Å². The first kappa shape index (κ1) is 13.0. The molecule has 2 N–H and O–H groups in total. The van der Waals surface area contributed by atoms with E-state index in [0.717, 1.165) is 0 Å². The number of halogens is 1. The first-order valence-electron chi connectivity index (χ1n) is 4.92. The summed E-state index contributed by atoms with van der Waals surface area (Å²) >= 11 is 0. The van der Waals surface area contributed by atoms with Crippen LogP contribution in [0.1, 0.15) is 5.56 Å². The van der Waals surface area contributed by atoms with Gasteiger partial charge in [-0.05, 0) is 18.2 Å². The fourth-order valence-electron chi connectivity index (χ4n) is 1.06. The van der Waals surface area contributed by atoms with Gasteiger partial charge < -0.3 is 15.3 Å². The molecule has 0 aliphatic carbocycles. The maximum absolute atomic E-state index is 13.5. The van der Waals surface area contributed by atoms with Crippen LogP contribution in [-0.4, -0.2) is 36.7 Å². The molecule has 0 radical (unpaired) electrons.